The first kappa shape index (κ1) is 31.3. The number of ether oxygens (including phenoxy) is 4. The number of hydrogen-bond acceptors (Lipinski definition) is 8. The molecule has 1 N–H and O–H groups in total. The molecule has 228 valence electrons. The Morgan fingerprint density at radius 2 is 1.73 bits per heavy atom. The second kappa shape index (κ2) is 14.1. The number of esters is 1. The number of nitrogens with one attached hydrogen (secondary N) is 1. The minimum absolute atomic E-state index is 0.129. The van der Waals surface area contributed by atoms with Gasteiger partial charge in [0, 0.05) is 12.1 Å². The minimum Gasteiger partial charge on any atom is -0.489 e. The number of fused-ring (bicyclic) bond motifs is 1. The predicted octanol–water partition coefficient (Wildman–Crippen LogP) is 6.39. The molecule has 1 aliphatic heterocycles. The molecular formula is C31H26Cl2N2O8S. The SMILES string of the molecule is COC(=O)C(Cc1ccc2c(c1)OC[C@@H](c1ccc(OCc3ccc(Cl)c(Cl)c3)cc1)O2)NS(=O)c1ccc([N+](=O)[O-])cc1. The van der Waals surface area contributed by atoms with Crippen molar-refractivity contribution in [1.82, 2.24) is 4.72 Å². The zero-order valence-corrected chi connectivity index (χ0v) is 25.6. The fraction of sp³-hybridized carbons (Fsp3) is 0.194. The molecule has 1 heterocycles. The highest BCUT2D eigenvalue weighted by Gasteiger charge is 2.26. The fourth-order valence-electron chi connectivity index (χ4n) is 4.42. The predicted molar refractivity (Wildman–Crippen MR) is 165 cm³/mol. The number of non-ortho nitro benzene ring substituents is 1. The average molecular weight is 658 g/mol. The number of carbonyl (C=O) groups is 1. The van der Waals surface area contributed by atoms with Crippen LogP contribution in [0.1, 0.15) is 22.8 Å². The highest BCUT2D eigenvalue weighted by Crippen LogP contribution is 2.37. The summed E-state index contributed by atoms with van der Waals surface area (Å²) in [5.41, 5.74) is 2.40. The van der Waals surface area contributed by atoms with E-state index in [1.54, 1.807) is 30.3 Å². The molecular weight excluding hydrogens is 631 g/mol. The Bertz CT molecular complexity index is 1690. The summed E-state index contributed by atoms with van der Waals surface area (Å²) in [6.45, 7) is 0.608. The first-order valence-corrected chi connectivity index (χ1v) is 15.2. The lowest BCUT2D eigenvalue weighted by molar-refractivity contribution is -0.384. The summed E-state index contributed by atoms with van der Waals surface area (Å²) in [6, 6.07) is 22.5. The molecule has 44 heavy (non-hydrogen) atoms. The maximum Gasteiger partial charge on any atom is 0.324 e. The molecule has 0 saturated carbocycles. The number of methoxy groups -OCH3 is 1. The van der Waals surface area contributed by atoms with E-state index in [0.717, 1.165) is 16.7 Å². The number of hydrogen-bond donors (Lipinski definition) is 1. The van der Waals surface area contributed by atoms with Crippen LogP contribution in [0.4, 0.5) is 5.69 Å². The van der Waals surface area contributed by atoms with E-state index in [4.69, 9.17) is 42.1 Å². The summed E-state index contributed by atoms with van der Waals surface area (Å²) in [6.07, 6.45) is -0.194. The smallest absolute Gasteiger partial charge is 0.324 e. The maximum absolute atomic E-state index is 12.9. The van der Waals surface area contributed by atoms with Crippen molar-refractivity contribution < 1.29 is 32.9 Å². The molecule has 0 saturated heterocycles. The van der Waals surface area contributed by atoms with Gasteiger partial charge in [0.1, 0.15) is 36.0 Å². The molecule has 0 aromatic heterocycles. The number of nitro benzene ring substituents is 1. The minimum atomic E-state index is -1.82. The van der Waals surface area contributed by atoms with Gasteiger partial charge in [-0.25, -0.2) is 8.93 Å². The Balaban J connectivity index is 1.20. The van der Waals surface area contributed by atoms with Crippen LogP contribution in [0.2, 0.25) is 10.0 Å². The highest BCUT2D eigenvalue weighted by molar-refractivity contribution is 7.83. The molecule has 4 aromatic rings. The van der Waals surface area contributed by atoms with Crippen LogP contribution in [0.5, 0.6) is 17.2 Å². The summed E-state index contributed by atoms with van der Waals surface area (Å²) in [5.74, 6) is 1.13. The van der Waals surface area contributed by atoms with Crippen molar-refractivity contribution in [3.63, 3.8) is 0 Å². The average Bonchev–Trinajstić information content (AvgIpc) is 3.04. The van der Waals surface area contributed by atoms with Crippen LogP contribution < -0.4 is 18.9 Å². The van der Waals surface area contributed by atoms with Gasteiger partial charge < -0.3 is 18.9 Å². The molecule has 4 aromatic carbocycles. The lowest BCUT2D eigenvalue weighted by Crippen LogP contribution is -2.40. The lowest BCUT2D eigenvalue weighted by atomic mass is 10.0. The summed E-state index contributed by atoms with van der Waals surface area (Å²) in [4.78, 5) is 23.1. The Morgan fingerprint density at radius 3 is 2.41 bits per heavy atom. The topological polar surface area (TPSA) is 126 Å². The van der Waals surface area contributed by atoms with Gasteiger partial charge in [-0.1, -0.05) is 47.5 Å². The Hall–Kier alpha value is -4.16. The van der Waals surface area contributed by atoms with Crippen molar-refractivity contribution in [1.29, 1.82) is 0 Å². The number of rotatable bonds is 11. The van der Waals surface area contributed by atoms with Gasteiger partial charge in [0.15, 0.2) is 17.6 Å². The van der Waals surface area contributed by atoms with E-state index in [2.05, 4.69) is 4.72 Å². The number of halogens is 2. The quantitative estimate of drug-likeness (QED) is 0.112. The van der Waals surface area contributed by atoms with Crippen molar-refractivity contribution in [2.45, 2.75) is 30.1 Å². The van der Waals surface area contributed by atoms with E-state index >= 15 is 0 Å². The third kappa shape index (κ3) is 7.67. The Morgan fingerprint density at radius 1 is 1.00 bits per heavy atom. The van der Waals surface area contributed by atoms with Crippen molar-refractivity contribution in [3.8, 4) is 17.2 Å². The van der Waals surface area contributed by atoms with Crippen molar-refractivity contribution in [2.24, 2.45) is 0 Å². The number of benzene rings is 4. The van der Waals surface area contributed by atoms with Crippen LogP contribution in [-0.2, 0) is 33.5 Å². The third-order valence-electron chi connectivity index (χ3n) is 6.75. The molecule has 0 aliphatic carbocycles. The van der Waals surface area contributed by atoms with Crippen LogP contribution in [0.15, 0.2) is 89.8 Å². The zero-order chi connectivity index (χ0) is 31.2. The molecule has 0 spiro atoms. The molecule has 0 fully saturated rings. The van der Waals surface area contributed by atoms with E-state index in [1.807, 2.05) is 30.3 Å². The summed E-state index contributed by atoms with van der Waals surface area (Å²) >= 11 is 12.0. The number of carbonyl (C=O) groups excluding carboxylic acids is 1. The van der Waals surface area contributed by atoms with Gasteiger partial charge in [-0.3, -0.25) is 14.9 Å². The molecule has 2 unspecified atom stereocenters. The molecule has 1 aliphatic rings. The Labute approximate surface area is 265 Å². The normalized spacial score (nSPS) is 15.2. The fourth-order valence-corrected chi connectivity index (χ4v) is 5.70. The number of nitro groups is 1. The van der Waals surface area contributed by atoms with Crippen LogP contribution in [0.3, 0.4) is 0 Å². The van der Waals surface area contributed by atoms with E-state index < -0.39 is 27.9 Å². The standard InChI is InChI=1S/C31H26Cl2N2O8S/c1-40-31(36)27(34-44(39)24-10-6-22(7-11-24)35(37)38)15-19-3-13-28-29(16-19)42-18-30(43-28)21-4-8-23(9-5-21)41-17-20-2-12-25(32)26(33)14-20/h2-14,16,27,30,34H,15,17-18H2,1H3/t27?,30-,44?/m0/s1. The van der Waals surface area contributed by atoms with Gasteiger partial charge in [-0.15, -0.1) is 0 Å². The lowest BCUT2D eigenvalue weighted by Gasteiger charge is -2.27. The molecule has 5 rings (SSSR count). The van der Waals surface area contributed by atoms with E-state index in [0.29, 0.717) is 33.9 Å². The Kier molecular flexibility index (Phi) is 10.0. The number of nitrogens with zero attached hydrogens (tertiary/aromatic N) is 1. The first-order valence-electron chi connectivity index (χ1n) is 13.3. The monoisotopic (exact) mass is 656 g/mol. The van der Waals surface area contributed by atoms with Crippen LogP contribution in [-0.4, -0.2) is 34.9 Å². The van der Waals surface area contributed by atoms with Crippen molar-refractivity contribution in [2.75, 3.05) is 13.7 Å². The maximum atomic E-state index is 12.9. The zero-order valence-electron chi connectivity index (χ0n) is 23.2. The summed E-state index contributed by atoms with van der Waals surface area (Å²) < 4.78 is 38.6. The second-order valence-electron chi connectivity index (χ2n) is 9.72. The summed E-state index contributed by atoms with van der Waals surface area (Å²) in [5, 5.41) is 11.9. The van der Waals surface area contributed by atoms with Gasteiger partial charge in [0.05, 0.1) is 27.0 Å². The molecule has 0 radical (unpaired) electrons. The van der Waals surface area contributed by atoms with Gasteiger partial charge >= 0.3 is 5.97 Å². The molecule has 0 bridgehead atoms. The largest absolute Gasteiger partial charge is 0.489 e. The summed E-state index contributed by atoms with van der Waals surface area (Å²) in [7, 11) is -0.582. The first-order chi connectivity index (χ1) is 21.2. The second-order valence-corrected chi connectivity index (χ2v) is 11.8. The molecule has 3 atom stereocenters. The van der Waals surface area contributed by atoms with E-state index in [1.165, 1.54) is 31.4 Å². The van der Waals surface area contributed by atoms with Crippen molar-refractivity contribution >= 4 is 45.8 Å². The van der Waals surface area contributed by atoms with Crippen LogP contribution in [0.25, 0.3) is 0 Å². The van der Waals surface area contributed by atoms with Gasteiger partial charge in [0.2, 0.25) is 0 Å². The van der Waals surface area contributed by atoms with Gasteiger partial charge in [-0.05, 0) is 71.6 Å². The molecule has 10 nitrogen and oxygen atoms in total. The van der Waals surface area contributed by atoms with Gasteiger partial charge in [0.25, 0.3) is 5.69 Å². The van der Waals surface area contributed by atoms with Crippen molar-refractivity contribution in [3.05, 3.63) is 122 Å². The van der Waals surface area contributed by atoms with E-state index in [9.17, 15) is 19.1 Å². The molecule has 0 amide bonds. The van der Waals surface area contributed by atoms with Crippen LogP contribution in [0, 0.1) is 10.1 Å². The van der Waals surface area contributed by atoms with Gasteiger partial charge in [-0.2, -0.15) is 0 Å². The van der Waals surface area contributed by atoms with E-state index in [-0.39, 0.29) is 29.7 Å². The highest BCUT2D eigenvalue weighted by atomic mass is 35.5. The molecule has 13 heteroatoms. The van der Waals surface area contributed by atoms with Crippen LogP contribution >= 0.6 is 23.2 Å². The third-order valence-corrected chi connectivity index (χ3v) is 8.68.